The molecule has 0 aliphatic rings. The fraction of sp³-hybridized carbons (Fsp3) is 0.500. The van der Waals surface area contributed by atoms with Crippen LogP contribution >= 0.6 is 0 Å². The SMILES string of the molecule is O=C(O)CC(O)(CC(=O)O)C(=O)O.[KH].[W]. The van der Waals surface area contributed by atoms with E-state index in [4.69, 9.17) is 20.4 Å². The van der Waals surface area contributed by atoms with Crippen LogP contribution < -0.4 is 0 Å². The molecule has 7 nitrogen and oxygen atoms in total. The van der Waals surface area contributed by atoms with E-state index in [0.29, 0.717) is 0 Å². The van der Waals surface area contributed by atoms with Gasteiger partial charge < -0.3 is 20.4 Å². The maximum atomic E-state index is 10.3. The maximum absolute atomic E-state index is 10.3. The number of hydrogen-bond acceptors (Lipinski definition) is 4. The van der Waals surface area contributed by atoms with Crippen LogP contribution in [0.1, 0.15) is 12.8 Å². The molecule has 0 atom stereocenters. The number of carboxylic acid groups (broad SMARTS) is 3. The predicted molar refractivity (Wildman–Crippen MR) is 44.2 cm³/mol. The van der Waals surface area contributed by atoms with Crippen molar-refractivity contribution in [1.82, 2.24) is 0 Å². The summed E-state index contributed by atoms with van der Waals surface area (Å²) < 4.78 is 0. The van der Waals surface area contributed by atoms with E-state index in [2.05, 4.69) is 0 Å². The summed E-state index contributed by atoms with van der Waals surface area (Å²) in [5.41, 5.74) is -2.74. The van der Waals surface area contributed by atoms with Crippen molar-refractivity contribution in [3.63, 3.8) is 0 Å². The van der Waals surface area contributed by atoms with Crippen molar-refractivity contribution in [3.8, 4) is 0 Å². The largest absolute Gasteiger partial charge is 0 e. The Hall–Kier alpha value is 0.695. The second-order valence-corrected chi connectivity index (χ2v) is 2.48. The molecule has 0 aromatic carbocycles. The van der Waals surface area contributed by atoms with Crippen molar-refractivity contribution >= 4 is 69.3 Å². The van der Waals surface area contributed by atoms with Crippen LogP contribution in [-0.4, -0.2) is 95.3 Å². The molecule has 0 saturated heterocycles. The Morgan fingerprint density at radius 1 is 0.933 bits per heavy atom. The molecule has 0 rings (SSSR count). The molecular weight excluding hydrogens is 407 g/mol. The van der Waals surface area contributed by atoms with E-state index >= 15 is 0 Å². The van der Waals surface area contributed by atoms with Gasteiger partial charge in [0.1, 0.15) is 0 Å². The van der Waals surface area contributed by atoms with Crippen LogP contribution in [0.15, 0.2) is 0 Å². The van der Waals surface area contributed by atoms with Gasteiger partial charge in [0.25, 0.3) is 0 Å². The van der Waals surface area contributed by atoms with Crippen LogP contribution in [0.4, 0.5) is 0 Å². The zero-order valence-electron chi connectivity index (χ0n) is 6.84. The predicted octanol–water partition coefficient (Wildman–Crippen LogP) is -1.90. The molecule has 0 unspecified atom stereocenters. The van der Waals surface area contributed by atoms with E-state index in [-0.39, 0.29) is 72.4 Å². The van der Waals surface area contributed by atoms with Crippen LogP contribution in [0.5, 0.6) is 0 Å². The van der Waals surface area contributed by atoms with Crippen molar-refractivity contribution < 1.29 is 55.9 Å². The molecule has 0 aliphatic carbocycles. The van der Waals surface area contributed by atoms with Gasteiger partial charge in [-0.25, -0.2) is 4.79 Å². The van der Waals surface area contributed by atoms with Crippen LogP contribution in [0.25, 0.3) is 0 Å². The fourth-order valence-electron chi connectivity index (χ4n) is 0.714. The molecule has 0 bridgehead atoms. The smallest absolute Gasteiger partial charge is 0 e. The van der Waals surface area contributed by atoms with Crippen LogP contribution in [0, 0.1) is 0 Å². The summed E-state index contributed by atoms with van der Waals surface area (Å²) >= 11 is 0. The molecule has 0 saturated carbocycles. The average molecular weight is 416 g/mol. The van der Waals surface area contributed by atoms with Gasteiger partial charge in [-0.15, -0.1) is 0 Å². The van der Waals surface area contributed by atoms with Crippen molar-refractivity contribution in [2.24, 2.45) is 0 Å². The van der Waals surface area contributed by atoms with Crippen molar-refractivity contribution in [1.29, 1.82) is 0 Å². The van der Waals surface area contributed by atoms with Crippen molar-refractivity contribution in [2.75, 3.05) is 0 Å². The normalized spacial score (nSPS) is 9.40. The molecule has 82 valence electrons. The van der Waals surface area contributed by atoms with E-state index < -0.39 is 36.4 Å². The number of hydrogen-bond donors (Lipinski definition) is 4. The van der Waals surface area contributed by atoms with Gasteiger partial charge in [0.15, 0.2) is 5.60 Å². The molecule has 0 radical (unpaired) electrons. The Labute approximate surface area is 142 Å². The zero-order valence-corrected chi connectivity index (χ0v) is 9.77. The third-order valence-electron chi connectivity index (χ3n) is 1.29. The minimum absolute atomic E-state index is 0. The number of aliphatic carboxylic acids is 3. The Morgan fingerprint density at radius 2 is 1.20 bits per heavy atom. The molecule has 0 aliphatic heterocycles. The molecule has 4 N–H and O–H groups in total. The number of rotatable bonds is 5. The second kappa shape index (κ2) is 8.80. The van der Waals surface area contributed by atoms with Crippen LogP contribution in [0.3, 0.4) is 0 Å². The van der Waals surface area contributed by atoms with E-state index in [9.17, 15) is 14.4 Å². The number of carbonyl (C=O) groups is 3. The van der Waals surface area contributed by atoms with Gasteiger partial charge in [-0.3, -0.25) is 9.59 Å². The average Bonchev–Trinajstić information content (AvgIpc) is 1.82. The Kier molecular flexibility index (Phi) is 12.3. The van der Waals surface area contributed by atoms with Crippen LogP contribution in [0.2, 0.25) is 0 Å². The minimum Gasteiger partial charge on any atom is 0 e. The zero-order chi connectivity index (χ0) is 10.6. The summed E-state index contributed by atoms with van der Waals surface area (Å²) in [5.74, 6) is -5.02. The van der Waals surface area contributed by atoms with E-state index in [1.807, 2.05) is 0 Å². The van der Waals surface area contributed by atoms with Gasteiger partial charge in [0.2, 0.25) is 0 Å². The van der Waals surface area contributed by atoms with Crippen LogP contribution in [-0.2, 0) is 35.4 Å². The molecule has 0 spiro atoms. The van der Waals surface area contributed by atoms with Gasteiger partial charge >= 0.3 is 69.3 Å². The summed E-state index contributed by atoms with van der Waals surface area (Å²) in [6.45, 7) is 0. The Bertz CT molecular complexity index is 238. The summed E-state index contributed by atoms with van der Waals surface area (Å²) in [7, 11) is 0. The molecule has 9 heteroatoms. The molecule has 15 heavy (non-hydrogen) atoms. The van der Waals surface area contributed by atoms with Gasteiger partial charge in [-0.05, 0) is 0 Å². The van der Waals surface area contributed by atoms with E-state index in [0.717, 1.165) is 0 Å². The topological polar surface area (TPSA) is 132 Å². The number of carboxylic acids is 3. The Morgan fingerprint density at radius 3 is 1.33 bits per heavy atom. The first kappa shape index (κ1) is 21.0. The molecule has 0 amide bonds. The van der Waals surface area contributed by atoms with Gasteiger partial charge in [0.05, 0.1) is 12.8 Å². The molecule has 0 fully saturated rings. The first-order valence-electron chi connectivity index (χ1n) is 3.17. The summed E-state index contributed by atoms with van der Waals surface area (Å²) in [6, 6.07) is 0. The molecule has 0 aromatic rings. The monoisotopic (exact) mass is 416 g/mol. The minimum atomic E-state index is -2.74. The van der Waals surface area contributed by atoms with Gasteiger partial charge in [0, 0.05) is 21.1 Å². The van der Waals surface area contributed by atoms with E-state index in [1.54, 1.807) is 0 Å². The first-order valence-corrected chi connectivity index (χ1v) is 3.17. The third kappa shape index (κ3) is 8.50. The molecule has 0 aromatic heterocycles. The first-order chi connectivity index (χ1) is 5.78. The fourth-order valence-corrected chi connectivity index (χ4v) is 0.714. The standard InChI is InChI=1S/C6H8O7.K.W.H/c7-3(8)1-6(13,5(11)12)2-4(9)10;;;/h13H,1-2H2,(H,7,8)(H,9,10)(H,11,12);;;. The second-order valence-electron chi connectivity index (χ2n) is 2.48. The maximum Gasteiger partial charge on any atom is 0 e. The summed E-state index contributed by atoms with van der Waals surface area (Å²) in [5, 5.41) is 33.8. The summed E-state index contributed by atoms with van der Waals surface area (Å²) in [6.07, 6.45) is -2.29. The molecule has 0 heterocycles. The summed E-state index contributed by atoms with van der Waals surface area (Å²) in [4.78, 5) is 30.5. The van der Waals surface area contributed by atoms with Crippen molar-refractivity contribution in [2.45, 2.75) is 18.4 Å². The number of aliphatic hydroxyl groups is 1. The van der Waals surface area contributed by atoms with Gasteiger partial charge in [-0.2, -0.15) is 0 Å². The third-order valence-corrected chi connectivity index (χ3v) is 1.29. The van der Waals surface area contributed by atoms with Gasteiger partial charge in [-0.1, -0.05) is 0 Å². The Balaban J connectivity index is -0.000000720. The molecular formula is C6H9KO7W. The quantitative estimate of drug-likeness (QED) is 0.385. The van der Waals surface area contributed by atoms with Crippen molar-refractivity contribution in [3.05, 3.63) is 0 Å². The van der Waals surface area contributed by atoms with E-state index in [1.165, 1.54) is 0 Å².